The first-order chi connectivity index (χ1) is 7.74. The highest BCUT2D eigenvalue weighted by Gasteiger charge is 2.20. The number of ether oxygens (including phenoxy) is 2. The lowest BCUT2D eigenvalue weighted by Gasteiger charge is -2.21. The standard InChI is InChI=1S/C12H23NO3/c1-15-12(14)8-5-9-16-11-7-4-2-3-6-10(11)13/h10-11H,2-9,13H2,1H3. The maximum absolute atomic E-state index is 10.9. The molecule has 0 spiro atoms. The van der Waals surface area contributed by atoms with Crippen molar-refractivity contribution in [2.24, 2.45) is 5.73 Å². The zero-order valence-electron chi connectivity index (χ0n) is 10.1. The maximum atomic E-state index is 10.9. The average molecular weight is 229 g/mol. The summed E-state index contributed by atoms with van der Waals surface area (Å²) in [5.74, 6) is -0.172. The van der Waals surface area contributed by atoms with Crippen LogP contribution in [-0.4, -0.2) is 31.8 Å². The Bertz CT molecular complexity index is 208. The molecule has 2 unspecified atom stereocenters. The summed E-state index contributed by atoms with van der Waals surface area (Å²) in [4.78, 5) is 10.9. The van der Waals surface area contributed by atoms with E-state index in [0.717, 1.165) is 19.3 Å². The largest absolute Gasteiger partial charge is 0.469 e. The number of carbonyl (C=O) groups excluding carboxylic acids is 1. The molecule has 0 amide bonds. The van der Waals surface area contributed by atoms with Gasteiger partial charge in [-0.2, -0.15) is 0 Å². The Morgan fingerprint density at radius 3 is 2.81 bits per heavy atom. The van der Waals surface area contributed by atoms with E-state index < -0.39 is 0 Å². The molecule has 0 bridgehead atoms. The second-order valence-corrected chi connectivity index (χ2v) is 4.39. The van der Waals surface area contributed by atoms with Crippen molar-refractivity contribution in [1.29, 1.82) is 0 Å². The molecule has 0 aliphatic heterocycles. The van der Waals surface area contributed by atoms with Crippen LogP contribution in [0.3, 0.4) is 0 Å². The van der Waals surface area contributed by atoms with Crippen LogP contribution in [0, 0.1) is 0 Å². The lowest BCUT2D eigenvalue weighted by Crippen LogP contribution is -2.36. The van der Waals surface area contributed by atoms with Crippen LogP contribution in [-0.2, 0) is 14.3 Å². The van der Waals surface area contributed by atoms with E-state index in [-0.39, 0.29) is 18.1 Å². The van der Waals surface area contributed by atoms with Crippen LogP contribution in [0.25, 0.3) is 0 Å². The quantitative estimate of drug-likeness (QED) is 0.442. The Balaban J connectivity index is 2.12. The monoisotopic (exact) mass is 229 g/mol. The minimum atomic E-state index is -0.172. The zero-order valence-corrected chi connectivity index (χ0v) is 10.1. The topological polar surface area (TPSA) is 61.5 Å². The SMILES string of the molecule is COC(=O)CCCOC1CCCCCC1N. The molecule has 1 rings (SSSR count). The third-order valence-corrected chi connectivity index (χ3v) is 3.09. The van der Waals surface area contributed by atoms with Gasteiger partial charge in [0.15, 0.2) is 0 Å². The predicted octanol–water partition coefficient (Wildman–Crippen LogP) is 1.62. The Labute approximate surface area is 97.5 Å². The lowest BCUT2D eigenvalue weighted by molar-refractivity contribution is -0.141. The summed E-state index contributed by atoms with van der Waals surface area (Å²) in [6.07, 6.45) is 7.11. The molecule has 0 aromatic carbocycles. The summed E-state index contributed by atoms with van der Waals surface area (Å²) >= 11 is 0. The Morgan fingerprint density at radius 1 is 1.31 bits per heavy atom. The molecule has 16 heavy (non-hydrogen) atoms. The first-order valence-corrected chi connectivity index (χ1v) is 6.18. The number of carbonyl (C=O) groups is 1. The van der Waals surface area contributed by atoms with Gasteiger partial charge in [-0.15, -0.1) is 0 Å². The van der Waals surface area contributed by atoms with Gasteiger partial charge in [-0.25, -0.2) is 0 Å². The lowest BCUT2D eigenvalue weighted by atomic mass is 10.1. The fourth-order valence-electron chi connectivity index (χ4n) is 2.06. The molecule has 1 fully saturated rings. The van der Waals surface area contributed by atoms with Gasteiger partial charge in [-0.05, 0) is 19.3 Å². The predicted molar refractivity (Wildman–Crippen MR) is 62.1 cm³/mol. The highest BCUT2D eigenvalue weighted by atomic mass is 16.5. The highest BCUT2D eigenvalue weighted by Crippen LogP contribution is 2.19. The summed E-state index contributed by atoms with van der Waals surface area (Å²) < 4.78 is 10.3. The van der Waals surface area contributed by atoms with Crippen LogP contribution in [0.5, 0.6) is 0 Å². The van der Waals surface area contributed by atoms with Gasteiger partial charge < -0.3 is 15.2 Å². The van der Waals surface area contributed by atoms with Crippen molar-refractivity contribution in [3.05, 3.63) is 0 Å². The molecular formula is C12H23NO3. The summed E-state index contributed by atoms with van der Waals surface area (Å²) in [5, 5.41) is 0. The summed E-state index contributed by atoms with van der Waals surface area (Å²) in [6.45, 7) is 0.605. The minimum absolute atomic E-state index is 0.167. The van der Waals surface area contributed by atoms with Gasteiger partial charge in [0.05, 0.1) is 13.2 Å². The van der Waals surface area contributed by atoms with Gasteiger partial charge in [0.25, 0.3) is 0 Å². The van der Waals surface area contributed by atoms with Crippen LogP contribution >= 0.6 is 0 Å². The van der Waals surface area contributed by atoms with Gasteiger partial charge in [0, 0.05) is 19.1 Å². The minimum Gasteiger partial charge on any atom is -0.469 e. The van der Waals surface area contributed by atoms with E-state index in [9.17, 15) is 4.79 Å². The third-order valence-electron chi connectivity index (χ3n) is 3.09. The number of hydrogen-bond acceptors (Lipinski definition) is 4. The number of rotatable bonds is 5. The van der Waals surface area contributed by atoms with Crippen molar-refractivity contribution < 1.29 is 14.3 Å². The van der Waals surface area contributed by atoms with E-state index >= 15 is 0 Å². The van der Waals surface area contributed by atoms with Gasteiger partial charge in [-0.1, -0.05) is 19.3 Å². The van der Waals surface area contributed by atoms with E-state index in [1.54, 1.807) is 0 Å². The molecule has 1 aliphatic carbocycles. The van der Waals surface area contributed by atoms with Gasteiger partial charge in [-0.3, -0.25) is 4.79 Å². The Morgan fingerprint density at radius 2 is 2.06 bits per heavy atom. The van der Waals surface area contributed by atoms with Crippen molar-refractivity contribution in [2.75, 3.05) is 13.7 Å². The van der Waals surface area contributed by atoms with Crippen molar-refractivity contribution in [3.63, 3.8) is 0 Å². The summed E-state index contributed by atoms with van der Waals surface area (Å²) in [6, 6.07) is 0.167. The molecule has 94 valence electrons. The van der Waals surface area contributed by atoms with Crippen LogP contribution in [0.1, 0.15) is 44.9 Å². The Kier molecular flexibility index (Phi) is 6.42. The molecule has 0 aromatic heterocycles. The Hall–Kier alpha value is -0.610. The van der Waals surface area contributed by atoms with E-state index in [1.807, 2.05) is 0 Å². The first-order valence-electron chi connectivity index (χ1n) is 6.18. The van der Waals surface area contributed by atoms with E-state index in [2.05, 4.69) is 4.74 Å². The maximum Gasteiger partial charge on any atom is 0.305 e. The second kappa shape index (κ2) is 7.63. The van der Waals surface area contributed by atoms with Crippen LogP contribution in [0.2, 0.25) is 0 Å². The first kappa shape index (κ1) is 13.5. The van der Waals surface area contributed by atoms with E-state index in [1.165, 1.54) is 26.4 Å². The molecule has 0 saturated heterocycles. The van der Waals surface area contributed by atoms with Crippen LogP contribution in [0.15, 0.2) is 0 Å². The molecule has 2 N–H and O–H groups in total. The fraction of sp³-hybridized carbons (Fsp3) is 0.917. The molecule has 0 radical (unpaired) electrons. The normalized spacial score (nSPS) is 26.1. The summed E-state index contributed by atoms with van der Waals surface area (Å²) in [5.41, 5.74) is 6.03. The average Bonchev–Trinajstić information content (AvgIpc) is 2.49. The van der Waals surface area contributed by atoms with Gasteiger partial charge in [0.1, 0.15) is 0 Å². The molecule has 4 heteroatoms. The van der Waals surface area contributed by atoms with Gasteiger partial charge >= 0.3 is 5.97 Å². The van der Waals surface area contributed by atoms with Gasteiger partial charge in [0.2, 0.25) is 0 Å². The van der Waals surface area contributed by atoms with Crippen molar-refractivity contribution in [2.45, 2.75) is 57.1 Å². The van der Waals surface area contributed by atoms with Crippen molar-refractivity contribution in [1.82, 2.24) is 0 Å². The molecule has 0 aromatic rings. The number of esters is 1. The molecule has 0 heterocycles. The number of hydrogen-bond donors (Lipinski definition) is 1. The highest BCUT2D eigenvalue weighted by molar-refractivity contribution is 5.68. The zero-order chi connectivity index (χ0) is 11.8. The number of methoxy groups -OCH3 is 1. The molecule has 4 nitrogen and oxygen atoms in total. The molecule has 1 saturated carbocycles. The van der Waals surface area contributed by atoms with Crippen molar-refractivity contribution >= 4 is 5.97 Å². The van der Waals surface area contributed by atoms with Crippen LogP contribution in [0.4, 0.5) is 0 Å². The fourth-order valence-corrected chi connectivity index (χ4v) is 2.06. The second-order valence-electron chi connectivity index (χ2n) is 4.39. The smallest absolute Gasteiger partial charge is 0.305 e. The van der Waals surface area contributed by atoms with Crippen LogP contribution < -0.4 is 5.73 Å². The molecular weight excluding hydrogens is 206 g/mol. The van der Waals surface area contributed by atoms with E-state index in [0.29, 0.717) is 13.0 Å². The number of nitrogens with two attached hydrogens (primary N) is 1. The molecule has 2 atom stereocenters. The third kappa shape index (κ3) is 4.94. The van der Waals surface area contributed by atoms with E-state index in [4.69, 9.17) is 10.5 Å². The van der Waals surface area contributed by atoms with Crippen molar-refractivity contribution in [3.8, 4) is 0 Å². The summed E-state index contributed by atoms with van der Waals surface area (Å²) in [7, 11) is 1.41. The molecule has 1 aliphatic rings.